The summed E-state index contributed by atoms with van der Waals surface area (Å²) >= 11 is 0. The van der Waals surface area contributed by atoms with Gasteiger partial charge >= 0.3 is 0 Å². The molecule has 0 aliphatic heterocycles. The van der Waals surface area contributed by atoms with Gasteiger partial charge in [0.25, 0.3) is 5.91 Å². The van der Waals surface area contributed by atoms with Crippen molar-refractivity contribution in [3.8, 4) is 0 Å². The Morgan fingerprint density at radius 3 is 2.75 bits per heavy atom. The first-order valence-corrected chi connectivity index (χ1v) is 5.37. The summed E-state index contributed by atoms with van der Waals surface area (Å²) in [7, 11) is 1.63. The second-order valence-electron chi connectivity index (χ2n) is 3.99. The van der Waals surface area contributed by atoms with Crippen LogP contribution in [0.2, 0.25) is 0 Å². The summed E-state index contributed by atoms with van der Waals surface area (Å²) in [6, 6.07) is 0.150. The van der Waals surface area contributed by atoms with Crippen molar-refractivity contribution in [1.82, 2.24) is 15.1 Å². The number of H-pyrrole nitrogens is 1. The van der Waals surface area contributed by atoms with E-state index in [1.54, 1.807) is 18.2 Å². The number of hydrogen-bond donors (Lipinski definition) is 1. The van der Waals surface area contributed by atoms with E-state index in [2.05, 4.69) is 10.2 Å². The normalized spacial score (nSPS) is 10.8. The molecule has 0 unspecified atom stereocenters. The van der Waals surface area contributed by atoms with Crippen molar-refractivity contribution < 1.29 is 9.53 Å². The van der Waals surface area contributed by atoms with Gasteiger partial charge in [0.15, 0.2) is 0 Å². The van der Waals surface area contributed by atoms with Crippen LogP contribution >= 0.6 is 0 Å². The molecule has 0 fully saturated rings. The van der Waals surface area contributed by atoms with E-state index in [1.807, 2.05) is 20.8 Å². The largest absolute Gasteiger partial charge is 0.383 e. The lowest BCUT2D eigenvalue weighted by Gasteiger charge is -2.26. The van der Waals surface area contributed by atoms with Crippen LogP contribution in [0.5, 0.6) is 0 Å². The van der Waals surface area contributed by atoms with E-state index in [0.717, 1.165) is 5.69 Å². The summed E-state index contributed by atoms with van der Waals surface area (Å²) in [5.74, 6) is -0.00157. The monoisotopic (exact) mass is 225 g/mol. The number of ether oxygens (including phenoxy) is 1. The van der Waals surface area contributed by atoms with E-state index in [9.17, 15) is 4.79 Å². The van der Waals surface area contributed by atoms with E-state index in [-0.39, 0.29) is 11.9 Å². The zero-order chi connectivity index (χ0) is 12.1. The third-order valence-electron chi connectivity index (χ3n) is 2.48. The highest BCUT2D eigenvalue weighted by Gasteiger charge is 2.20. The maximum atomic E-state index is 12.2. The number of aromatic amines is 1. The quantitative estimate of drug-likeness (QED) is 0.819. The highest BCUT2D eigenvalue weighted by molar-refractivity contribution is 5.95. The average molecular weight is 225 g/mol. The molecular formula is C11H19N3O2. The third-order valence-corrected chi connectivity index (χ3v) is 2.48. The molecule has 0 saturated heterocycles. The van der Waals surface area contributed by atoms with Crippen molar-refractivity contribution in [2.75, 3.05) is 20.3 Å². The minimum Gasteiger partial charge on any atom is -0.383 e. The lowest BCUT2D eigenvalue weighted by atomic mass is 10.2. The Kier molecular flexibility index (Phi) is 4.49. The fraction of sp³-hybridized carbons (Fsp3) is 0.636. The molecule has 1 amide bonds. The number of methoxy groups -OCH3 is 1. The lowest BCUT2D eigenvalue weighted by Crippen LogP contribution is -2.39. The first-order valence-electron chi connectivity index (χ1n) is 5.37. The molecule has 0 atom stereocenters. The topological polar surface area (TPSA) is 58.2 Å². The van der Waals surface area contributed by atoms with Crippen LogP contribution in [0.3, 0.4) is 0 Å². The average Bonchev–Trinajstić information content (AvgIpc) is 2.64. The molecule has 5 heteroatoms. The minimum atomic E-state index is -0.00157. The summed E-state index contributed by atoms with van der Waals surface area (Å²) < 4.78 is 5.00. The van der Waals surface area contributed by atoms with Gasteiger partial charge in [-0.25, -0.2) is 0 Å². The molecule has 0 aromatic carbocycles. The Morgan fingerprint density at radius 2 is 2.31 bits per heavy atom. The fourth-order valence-electron chi connectivity index (χ4n) is 1.50. The molecule has 1 heterocycles. The minimum absolute atomic E-state index is 0.00157. The second-order valence-corrected chi connectivity index (χ2v) is 3.99. The number of aromatic nitrogens is 2. The standard InChI is InChI=1S/C11H19N3O2/c1-8(2)14(5-6-16-4)11(15)10-7-12-13-9(10)3/h7-8H,5-6H2,1-4H3,(H,12,13). The number of carbonyl (C=O) groups is 1. The van der Waals surface area contributed by atoms with Crippen LogP contribution < -0.4 is 0 Å². The Labute approximate surface area is 95.8 Å². The number of amides is 1. The molecule has 0 aliphatic carbocycles. The van der Waals surface area contributed by atoms with Crippen LogP contribution in [0.15, 0.2) is 6.20 Å². The van der Waals surface area contributed by atoms with Gasteiger partial charge in [-0.1, -0.05) is 0 Å². The van der Waals surface area contributed by atoms with Crippen molar-refractivity contribution in [3.05, 3.63) is 17.5 Å². The van der Waals surface area contributed by atoms with Gasteiger partial charge < -0.3 is 9.64 Å². The van der Waals surface area contributed by atoms with Gasteiger partial charge in [-0.3, -0.25) is 9.89 Å². The molecule has 0 aliphatic rings. The Morgan fingerprint density at radius 1 is 1.62 bits per heavy atom. The van der Waals surface area contributed by atoms with Crippen molar-refractivity contribution in [2.24, 2.45) is 0 Å². The molecule has 1 aromatic heterocycles. The number of nitrogens with one attached hydrogen (secondary N) is 1. The number of aryl methyl sites for hydroxylation is 1. The van der Waals surface area contributed by atoms with Gasteiger partial charge in [0.2, 0.25) is 0 Å². The predicted molar refractivity (Wildman–Crippen MR) is 61.4 cm³/mol. The molecule has 0 radical (unpaired) electrons. The number of nitrogens with zero attached hydrogens (tertiary/aromatic N) is 2. The molecule has 1 rings (SSSR count). The number of carbonyl (C=O) groups excluding carboxylic acids is 1. The van der Waals surface area contributed by atoms with Crippen LogP contribution in [0.4, 0.5) is 0 Å². The van der Waals surface area contributed by atoms with Crippen LogP contribution in [-0.4, -0.2) is 47.3 Å². The first kappa shape index (κ1) is 12.7. The van der Waals surface area contributed by atoms with E-state index in [0.29, 0.717) is 18.7 Å². The third kappa shape index (κ3) is 2.82. The van der Waals surface area contributed by atoms with Crippen LogP contribution in [0.25, 0.3) is 0 Å². The van der Waals surface area contributed by atoms with Gasteiger partial charge in [0.1, 0.15) is 0 Å². The summed E-state index contributed by atoms with van der Waals surface area (Å²) in [5, 5.41) is 6.63. The van der Waals surface area contributed by atoms with Crippen LogP contribution in [0, 0.1) is 6.92 Å². The van der Waals surface area contributed by atoms with Crippen LogP contribution in [-0.2, 0) is 4.74 Å². The molecule has 1 aromatic rings. The first-order chi connectivity index (χ1) is 7.57. The zero-order valence-corrected chi connectivity index (χ0v) is 10.3. The number of hydrogen-bond acceptors (Lipinski definition) is 3. The maximum absolute atomic E-state index is 12.2. The predicted octanol–water partition coefficient (Wildman–Crippen LogP) is 1.22. The molecule has 5 nitrogen and oxygen atoms in total. The van der Waals surface area contributed by atoms with Gasteiger partial charge in [-0.15, -0.1) is 0 Å². The van der Waals surface area contributed by atoms with E-state index in [4.69, 9.17) is 4.74 Å². The number of rotatable bonds is 5. The second kappa shape index (κ2) is 5.65. The summed E-state index contributed by atoms with van der Waals surface area (Å²) in [4.78, 5) is 14.0. The molecule has 1 N–H and O–H groups in total. The van der Waals surface area contributed by atoms with Gasteiger partial charge in [0, 0.05) is 25.4 Å². The Hall–Kier alpha value is -1.36. The molecule has 0 bridgehead atoms. The van der Waals surface area contributed by atoms with Crippen molar-refractivity contribution in [3.63, 3.8) is 0 Å². The maximum Gasteiger partial charge on any atom is 0.257 e. The van der Waals surface area contributed by atoms with E-state index < -0.39 is 0 Å². The Balaban J connectivity index is 2.79. The highest BCUT2D eigenvalue weighted by atomic mass is 16.5. The molecule has 16 heavy (non-hydrogen) atoms. The molecule has 0 spiro atoms. The van der Waals surface area contributed by atoms with Gasteiger partial charge in [-0.05, 0) is 20.8 Å². The lowest BCUT2D eigenvalue weighted by molar-refractivity contribution is 0.0634. The molecular weight excluding hydrogens is 206 g/mol. The summed E-state index contributed by atoms with van der Waals surface area (Å²) in [6.45, 7) is 6.96. The summed E-state index contributed by atoms with van der Waals surface area (Å²) in [5.41, 5.74) is 1.43. The van der Waals surface area contributed by atoms with Gasteiger partial charge in [0.05, 0.1) is 18.4 Å². The van der Waals surface area contributed by atoms with Crippen molar-refractivity contribution >= 4 is 5.91 Å². The van der Waals surface area contributed by atoms with Crippen molar-refractivity contribution in [2.45, 2.75) is 26.8 Å². The highest BCUT2D eigenvalue weighted by Crippen LogP contribution is 2.10. The SMILES string of the molecule is COCCN(C(=O)c1cn[nH]c1C)C(C)C. The fourth-order valence-corrected chi connectivity index (χ4v) is 1.50. The van der Waals surface area contributed by atoms with Crippen LogP contribution in [0.1, 0.15) is 29.9 Å². The summed E-state index contributed by atoms with van der Waals surface area (Å²) in [6.07, 6.45) is 1.57. The van der Waals surface area contributed by atoms with E-state index >= 15 is 0 Å². The van der Waals surface area contributed by atoms with Crippen molar-refractivity contribution in [1.29, 1.82) is 0 Å². The zero-order valence-electron chi connectivity index (χ0n) is 10.3. The van der Waals surface area contributed by atoms with E-state index in [1.165, 1.54) is 0 Å². The molecule has 0 saturated carbocycles. The van der Waals surface area contributed by atoms with Gasteiger partial charge in [-0.2, -0.15) is 5.10 Å². The Bertz CT molecular complexity index is 347. The smallest absolute Gasteiger partial charge is 0.257 e. The molecule has 90 valence electrons.